The second-order valence-corrected chi connectivity index (χ2v) is 13.8. The highest BCUT2D eigenvalue weighted by molar-refractivity contribution is 5.99. The van der Waals surface area contributed by atoms with Gasteiger partial charge in [0.1, 0.15) is 0 Å². The number of anilines is 1. The second kappa shape index (κ2) is 23.8. The molecule has 1 aromatic carbocycles. The number of para-hydroxylation sites is 1. The van der Waals surface area contributed by atoms with E-state index in [0.29, 0.717) is 16.8 Å². The van der Waals surface area contributed by atoms with Crippen molar-refractivity contribution < 1.29 is 9.59 Å². The summed E-state index contributed by atoms with van der Waals surface area (Å²) in [6.45, 7) is 35.2. The van der Waals surface area contributed by atoms with Crippen molar-refractivity contribution in [1.29, 1.82) is 0 Å². The van der Waals surface area contributed by atoms with E-state index in [-0.39, 0.29) is 35.9 Å². The molecule has 1 rings (SSSR count). The van der Waals surface area contributed by atoms with Gasteiger partial charge in [-0.15, -0.1) is 0 Å². The standard InChI is InChI=1S/C11H16N2O.C7H16N2O.C7H16N2.C6H15N.C2H6.CH4/c1-11(2,3)13-10(14)8-6-4-5-7-9(8)12;1-5(8)6(10)9-7(2,3)4;1-6(8-5)9-7(2,3)4;1-5-7-6(2,3)4;1-2;/h4-7H,12H2,1-3H3,(H,13,14);5H,8H2,1-4H3,(H,9,10);1-5H3,(H,8,9);7H,5H2,1-4H3;1-2H3;1H4. The van der Waals surface area contributed by atoms with Gasteiger partial charge in [0, 0.05) is 34.9 Å². The number of nitrogens with two attached hydrogens (primary N) is 2. The lowest BCUT2D eigenvalue weighted by molar-refractivity contribution is -0.123. The van der Waals surface area contributed by atoms with Gasteiger partial charge in [0.15, 0.2) is 0 Å². The van der Waals surface area contributed by atoms with E-state index in [1.54, 1.807) is 32.2 Å². The van der Waals surface area contributed by atoms with Crippen molar-refractivity contribution >= 4 is 23.3 Å². The number of nitrogens with zero attached hydrogens (tertiary/aromatic N) is 1. The maximum absolute atomic E-state index is 11.7. The highest BCUT2D eigenvalue weighted by Crippen LogP contribution is 2.11. The lowest BCUT2D eigenvalue weighted by Gasteiger charge is -2.21. The first-order valence-corrected chi connectivity index (χ1v) is 15.0. The minimum absolute atomic E-state index is 0. The highest BCUT2D eigenvalue weighted by atomic mass is 16.2. The normalized spacial score (nSPS) is 11.9. The number of hydrogen-bond acceptors (Lipinski definition) is 6. The van der Waals surface area contributed by atoms with Crippen molar-refractivity contribution in [2.45, 2.75) is 153 Å². The molecule has 8 N–H and O–H groups in total. The van der Waals surface area contributed by atoms with Crippen molar-refractivity contribution in [3.05, 3.63) is 29.8 Å². The quantitative estimate of drug-likeness (QED) is 0.130. The average Bonchev–Trinajstić information content (AvgIpc) is 2.77. The lowest BCUT2D eigenvalue weighted by Crippen LogP contribution is -2.47. The summed E-state index contributed by atoms with van der Waals surface area (Å²) in [5.74, 6) is 0.755. The molecule has 256 valence electrons. The maximum Gasteiger partial charge on any atom is 0.253 e. The number of nitrogens with one attached hydrogen (secondary N) is 4. The van der Waals surface area contributed by atoms with E-state index in [1.165, 1.54) is 0 Å². The third kappa shape index (κ3) is 39.4. The van der Waals surface area contributed by atoms with Gasteiger partial charge in [-0.05, 0) is 116 Å². The zero-order chi connectivity index (χ0) is 34.5. The molecule has 43 heavy (non-hydrogen) atoms. The van der Waals surface area contributed by atoms with Crippen LogP contribution in [0.15, 0.2) is 29.3 Å². The molecule has 0 spiro atoms. The Morgan fingerprint density at radius 2 is 1.19 bits per heavy atom. The van der Waals surface area contributed by atoms with Crippen molar-refractivity contribution in [3.8, 4) is 0 Å². The van der Waals surface area contributed by atoms with Gasteiger partial charge in [-0.2, -0.15) is 0 Å². The molecular formula is C34H73N7O2. The van der Waals surface area contributed by atoms with Gasteiger partial charge >= 0.3 is 0 Å². The van der Waals surface area contributed by atoms with Crippen LogP contribution in [0.5, 0.6) is 0 Å². The molecule has 0 aliphatic heterocycles. The Kier molecular flexibility index (Phi) is 27.6. The highest BCUT2D eigenvalue weighted by Gasteiger charge is 2.17. The Labute approximate surface area is 267 Å². The molecule has 9 heteroatoms. The van der Waals surface area contributed by atoms with Gasteiger partial charge in [-0.3, -0.25) is 14.6 Å². The van der Waals surface area contributed by atoms with E-state index in [9.17, 15) is 9.59 Å². The molecule has 0 aromatic heterocycles. The van der Waals surface area contributed by atoms with Crippen LogP contribution in [0.25, 0.3) is 0 Å². The van der Waals surface area contributed by atoms with Gasteiger partial charge in [0.25, 0.3) is 5.91 Å². The van der Waals surface area contributed by atoms with Crippen molar-refractivity contribution in [3.63, 3.8) is 0 Å². The fourth-order valence-electron chi connectivity index (χ4n) is 2.72. The van der Waals surface area contributed by atoms with Crippen LogP contribution in [0.3, 0.4) is 0 Å². The first kappa shape index (κ1) is 50.0. The van der Waals surface area contributed by atoms with Crippen LogP contribution in [0.4, 0.5) is 5.69 Å². The van der Waals surface area contributed by atoms with Gasteiger partial charge in [-0.1, -0.05) is 40.3 Å². The van der Waals surface area contributed by atoms with Gasteiger partial charge < -0.3 is 32.7 Å². The number of nitrogen functional groups attached to an aromatic ring is 1. The van der Waals surface area contributed by atoms with Crippen LogP contribution in [-0.2, 0) is 4.79 Å². The predicted octanol–water partition coefficient (Wildman–Crippen LogP) is 6.52. The maximum atomic E-state index is 11.7. The molecule has 0 aliphatic rings. The molecule has 1 atom stereocenters. The summed E-state index contributed by atoms with van der Waals surface area (Å²) in [5, 5.41) is 12.1. The predicted molar refractivity (Wildman–Crippen MR) is 193 cm³/mol. The van der Waals surface area contributed by atoms with Crippen LogP contribution in [0, 0.1) is 0 Å². The molecule has 0 radical (unpaired) electrons. The summed E-state index contributed by atoms with van der Waals surface area (Å²) in [6, 6.07) is 6.63. The number of amidine groups is 1. The number of carbonyl (C=O) groups excluding carboxylic acids is 2. The van der Waals surface area contributed by atoms with Crippen LogP contribution in [0.1, 0.15) is 135 Å². The molecule has 0 bridgehead atoms. The SMILES string of the molecule is C.CC.CC(C)(C)NC(=O)c1ccccc1N.CC(N)C(=O)NC(C)(C)C.CCNC(C)(C)C.CN=C(C)NC(C)(C)C. The van der Waals surface area contributed by atoms with E-state index in [1.807, 2.05) is 68.4 Å². The molecule has 0 fully saturated rings. The summed E-state index contributed by atoms with van der Waals surface area (Å²) in [5.41, 5.74) is 12.1. The van der Waals surface area contributed by atoms with Crippen LogP contribution < -0.4 is 32.7 Å². The number of amides is 2. The largest absolute Gasteiger partial charge is 0.398 e. The van der Waals surface area contributed by atoms with Crippen molar-refractivity contribution in [2.75, 3.05) is 19.3 Å². The van der Waals surface area contributed by atoms with Gasteiger partial charge in [-0.25, -0.2) is 0 Å². The third-order valence-corrected chi connectivity index (χ3v) is 4.20. The van der Waals surface area contributed by atoms with Gasteiger partial charge in [0.05, 0.1) is 17.4 Å². The zero-order valence-electron chi connectivity index (χ0n) is 30.5. The fourth-order valence-corrected chi connectivity index (χ4v) is 2.72. The summed E-state index contributed by atoms with van der Waals surface area (Å²) >= 11 is 0. The molecule has 1 aromatic rings. The monoisotopic (exact) mass is 612 g/mol. The number of hydrogen-bond donors (Lipinski definition) is 6. The Balaban J connectivity index is -0.000000150. The number of benzene rings is 1. The summed E-state index contributed by atoms with van der Waals surface area (Å²) in [7, 11) is 1.79. The summed E-state index contributed by atoms with van der Waals surface area (Å²) in [6.07, 6.45) is 0. The minimum atomic E-state index is -0.417. The second-order valence-electron chi connectivity index (χ2n) is 13.8. The van der Waals surface area contributed by atoms with E-state index in [2.05, 4.69) is 74.7 Å². The molecule has 0 heterocycles. The van der Waals surface area contributed by atoms with Crippen LogP contribution in [0.2, 0.25) is 0 Å². The van der Waals surface area contributed by atoms with Crippen LogP contribution in [-0.4, -0.2) is 59.4 Å². The lowest BCUT2D eigenvalue weighted by atomic mass is 10.1. The minimum Gasteiger partial charge on any atom is -0.398 e. The first-order chi connectivity index (χ1) is 18.7. The summed E-state index contributed by atoms with van der Waals surface area (Å²) < 4.78 is 0. The molecule has 0 aliphatic carbocycles. The van der Waals surface area contributed by atoms with Crippen LogP contribution >= 0.6 is 0 Å². The smallest absolute Gasteiger partial charge is 0.253 e. The van der Waals surface area contributed by atoms with Gasteiger partial charge in [0.2, 0.25) is 5.91 Å². The molecule has 1 unspecified atom stereocenters. The molecule has 9 nitrogen and oxygen atoms in total. The number of aliphatic imine (C=N–C) groups is 1. The first-order valence-electron chi connectivity index (χ1n) is 15.0. The van der Waals surface area contributed by atoms with E-state index in [0.717, 1.165) is 12.4 Å². The van der Waals surface area contributed by atoms with E-state index in [4.69, 9.17) is 11.5 Å². The Bertz CT molecular complexity index is 884. The topological polar surface area (TPSA) is 147 Å². The van der Waals surface area contributed by atoms with Crippen molar-refractivity contribution in [1.82, 2.24) is 21.3 Å². The van der Waals surface area contributed by atoms with E-state index >= 15 is 0 Å². The summed E-state index contributed by atoms with van der Waals surface area (Å²) in [4.78, 5) is 26.6. The Morgan fingerprint density at radius 1 is 0.791 bits per heavy atom. The zero-order valence-corrected chi connectivity index (χ0v) is 30.5. The van der Waals surface area contributed by atoms with Crippen molar-refractivity contribution in [2.24, 2.45) is 10.7 Å². The molecular weight excluding hydrogens is 538 g/mol. The molecule has 0 saturated carbocycles. The fraction of sp³-hybridized carbons (Fsp3) is 0.735. The Morgan fingerprint density at radius 3 is 1.40 bits per heavy atom. The number of rotatable bonds is 3. The average molecular weight is 612 g/mol. The molecule has 2 amide bonds. The Hall–Kier alpha value is -2.65. The van der Waals surface area contributed by atoms with E-state index < -0.39 is 6.04 Å². The number of carbonyl (C=O) groups is 2. The molecule has 0 saturated heterocycles. The third-order valence-electron chi connectivity index (χ3n) is 4.20.